The summed E-state index contributed by atoms with van der Waals surface area (Å²) in [4.78, 5) is 11.7. The van der Waals surface area contributed by atoms with Gasteiger partial charge in [-0.1, -0.05) is 6.07 Å². The van der Waals surface area contributed by atoms with Crippen molar-refractivity contribution in [2.75, 3.05) is 0 Å². The lowest BCUT2D eigenvalue weighted by Gasteiger charge is -2.14. The lowest BCUT2D eigenvalue weighted by molar-refractivity contribution is -0.127. The summed E-state index contributed by atoms with van der Waals surface area (Å²) in [7, 11) is 0. The van der Waals surface area contributed by atoms with Crippen molar-refractivity contribution in [1.29, 1.82) is 5.26 Å². The fourth-order valence-electron chi connectivity index (χ4n) is 1.44. The highest BCUT2D eigenvalue weighted by Gasteiger charge is 2.26. The smallest absolute Gasteiger partial charge is 0.260 e. The molecule has 88 valence electrons. The van der Waals surface area contributed by atoms with E-state index in [-0.39, 0.29) is 5.91 Å². The second-order valence-corrected chi connectivity index (χ2v) is 4.18. The first-order valence-electron chi connectivity index (χ1n) is 5.66. The Hall–Kier alpha value is -2.02. The molecular weight excluding hydrogens is 216 g/mol. The van der Waals surface area contributed by atoms with E-state index in [1.54, 1.807) is 31.2 Å². The minimum Gasteiger partial charge on any atom is -0.481 e. The zero-order chi connectivity index (χ0) is 12.3. The lowest BCUT2D eigenvalue weighted by atomic mass is 10.2. The molecule has 4 nitrogen and oxygen atoms in total. The highest BCUT2D eigenvalue weighted by Crippen LogP contribution is 2.19. The van der Waals surface area contributed by atoms with Crippen LogP contribution in [0, 0.1) is 11.3 Å². The van der Waals surface area contributed by atoms with Gasteiger partial charge < -0.3 is 10.1 Å². The highest BCUT2D eigenvalue weighted by molar-refractivity contribution is 5.81. The maximum Gasteiger partial charge on any atom is 0.260 e. The zero-order valence-corrected chi connectivity index (χ0v) is 9.64. The molecule has 0 spiro atoms. The van der Waals surface area contributed by atoms with Crippen LogP contribution in [0.15, 0.2) is 24.3 Å². The third-order valence-electron chi connectivity index (χ3n) is 2.57. The number of rotatable bonds is 4. The van der Waals surface area contributed by atoms with Crippen molar-refractivity contribution in [3.8, 4) is 11.8 Å². The first kappa shape index (κ1) is 11.5. The predicted octanol–water partition coefficient (Wildman–Crippen LogP) is 1.60. The molecule has 4 heteroatoms. The maximum absolute atomic E-state index is 11.7. The van der Waals surface area contributed by atoms with E-state index in [9.17, 15) is 4.79 Å². The van der Waals surface area contributed by atoms with Crippen molar-refractivity contribution < 1.29 is 9.53 Å². The molecule has 1 aliphatic carbocycles. The predicted molar refractivity (Wildman–Crippen MR) is 62.4 cm³/mol. The van der Waals surface area contributed by atoms with Crippen LogP contribution in [0.25, 0.3) is 0 Å². The first-order valence-corrected chi connectivity index (χ1v) is 5.66. The number of ether oxygens (including phenoxy) is 1. The number of hydrogen-bond acceptors (Lipinski definition) is 3. The van der Waals surface area contributed by atoms with Crippen LogP contribution >= 0.6 is 0 Å². The Morgan fingerprint density at radius 1 is 1.59 bits per heavy atom. The summed E-state index contributed by atoms with van der Waals surface area (Å²) in [5.74, 6) is 0.442. The summed E-state index contributed by atoms with van der Waals surface area (Å²) in [6.07, 6.45) is 1.58. The molecule has 17 heavy (non-hydrogen) atoms. The zero-order valence-electron chi connectivity index (χ0n) is 9.64. The minimum atomic E-state index is -0.537. The van der Waals surface area contributed by atoms with E-state index in [4.69, 9.17) is 10.00 Å². The van der Waals surface area contributed by atoms with Crippen LogP contribution in [0.1, 0.15) is 25.3 Å². The van der Waals surface area contributed by atoms with Crippen molar-refractivity contribution in [3.05, 3.63) is 29.8 Å². The van der Waals surface area contributed by atoms with Gasteiger partial charge in [0.2, 0.25) is 0 Å². The fraction of sp³-hybridized carbons (Fsp3) is 0.385. The molecule has 0 aromatic heterocycles. The summed E-state index contributed by atoms with van der Waals surface area (Å²) in [6.45, 7) is 1.71. The molecule has 1 aromatic carbocycles. The molecule has 1 saturated carbocycles. The van der Waals surface area contributed by atoms with Crippen LogP contribution in [-0.4, -0.2) is 18.1 Å². The van der Waals surface area contributed by atoms with Crippen molar-refractivity contribution in [3.63, 3.8) is 0 Å². The van der Waals surface area contributed by atoms with E-state index in [0.29, 0.717) is 17.4 Å². The van der Waals surface area contributed by atoms with Gasteiger partial charge in [-0.3, -0.25) is 4.79 Å². The number of amides is 1. The van der Waals surface area contributed by atoms with Gasteiger partial charge in [0, 0.05) is 6.04 Å². The molecule has 0 saturated heterocycles. The maximum atomic E-state index is 11.7. The summed E-state index contributed by atoms with van der Waals surface area (Å²) in [6, 6.07) is 9.16. The number of nitrogens with zero attached hydrogens (tertiary/aromatic N) is 1. The SMILES string of the molecule is C[C@H](Oc1cccc(C#N)c1)C(=O)NC1CC1. The van der Waals surface area contributed by atoms with E-state index in [0.717, 1.165) is 12.8 Å². The second kappa shape index (κ2) is 4.88. The Balaban J connectivity index is 1.94. The van der Waals surface area contributed by atoms with Crippen molar-refractivity contribution in [2.45, 2.75) is 31.9 Å². The number of nitrogens with one attached hydrogen (secondary N) is 1. The van der Waals surface area contributed by atoms with E-state index < -0.39 is 6.10 Å². The Morgan fingerprint density at radius 2 is 2.35 bits per heavy atom. The molecule has 0 radical (unpaired) electrons. The average Bonchev–Trinajstić information content (AvgIpc) is 3.13. The quantitative estimate of drug-likeness (QED) is 0.854. The average molecular weight is 230 g/mol. The van der Waals surface area contributed by atoms with Crippen LogP contribution < -0.4 is 10.1 Å². The van der Waals surface area contributed by atoms with Crippen LogP contribution in [0.3, 0.4) is 0 Å². The molecule has 1 aromatic rings. The molecule has 1 amide bonds. The van der Waals surface area contributed by atoms with Gasteiger partial charge in [0.05, 0.1) is 11.6 Å². The topological polar surface area (TPSA) is 62.1 Å². The third kappa shape index (κ3) is 3.22. The van der Waals surface area contributed by atoms with E-state index in [2.05, 4.69) is 5.32 Å². The molecular formula is C13H14N2O2. The molecule has 1 fully saturated rings. The van der Waals surface area contributed by atoms with Gasteiger partial charge in [-0.05, 0) is 38.0 Å². The third-order valence-corrected chi connectivity index (χ3v) is 2.57. The van der Waals surface area contributed by atoms with Gasteiger partial charge >= 0.3 is 0 Å². The Bertz CT molecular complexity index is 461. The highest BCUT2D eigenvalue weighted by atomic mass is 16.5. The largest absolute Gasteiger partial charge is 0.481 e. The Kier molecular flexibility index (Phi) is 3.29. The fourth-order valence-corrected chi connectivity index (χ4v) is 1.44. The Morgan fingerprint density at radius 3 is 3.00 bits per heavy atom. The number of nitriles is 1. The van der Waals surface area contributed by atoms with E-state index >= 15 is 0 Å². The normalized spacial score (nSPS) is 15.8. The van der Waals surface area contributed by atoms with Gasteiger partial charge in [-0.15, -0.1) is 0 Å². The monoisotopic (exact) mass is 230 g/mol. The standard InChI is InChI=1S/C13H14N2O2/c1-9(13(16)15-11-5-6-11)17-12-4-2-3-10(7-12)8-14/h2-4,7,9,11H,5-6H2,1H3,(H,15,16)/t9-/m0/s1. The van der Waals surface area contributed by atoms with Crippen molar-refractivity contribution in [2.24, 2.45) is 0 Å². The molecule has 2 rings (SSSR count). The summed E-state index contributed by atoms with van der Waals surface area (Å²) in [5, 5.41) is 11.6. The van der Waals surface area contributed by atoms with Crippen molar-refractivity contribution in [1.82, 2.24) is 5.32 Å². The lowest BCUT2D eigenvalue weighted by Crippen LogP contribution is -2.37. The van der Waals surface area contributed by atoms with Gasteiger partial charge in [0.25, 0.3) is 5.91 Å². The van der Waals surface area contributed by atoms with E-state index in [1.165, 1.54) is 0 Å². The van der Waals surface area contributed by atoms with Crippen LogP contribution in [0.4, 0.5) is 0 Å². The minimum absolute atomic E-state index is 0.102. The van der Waals surface area contributed by atoms with Gasteiger partial charge in [0.1, 0.15) is 5.75 Å². The first-order chi connectivity index (χ1) is 8.19. The van der Waals surface area contributed by atoms with E-state index in [1.807, 2.05) is 6.07 Å². The molecule has 0 heterocycles. The van der Waals surface area contributed by atoms with Gasteiger partial charge in [-0.25, -0.2) is 0 Å². The molecule has 1 N–H and O–H groups in total. The van der Waals surface area contributed by atoms with Crippen LogP contribution in [0.2, 0.25) is 0 Å². The summed E-state index contributed by atoms with van der Waals surface area (Å²) in [5.41, 5.74) is 0.525. The number of hydrogen-bond donors (Lipinski definition) is 1. The molecule has 1 aliphatic rings. The molecule has 0 aliphatic heterocycles. The molecule has 0 bridgehead atoms. The van der Waals surface area contributed by atoms with Crippen LogP contribution in [0.5, 0.6) is 5.75 Å². The van der Waals surface area contributed by atoms with Crippen LogP contribution in [-0.2, 0) is 4.79 Å². The second-order valence-electron chi connectivity index (χ2n) is 4.18. The number of carbonyl (C=O) groups excluding carboxylic acids is 1. The summed E-state index contributed by atoms with van der Waals surface area (Å²) >= 11 is 0. The van der Waals surface area contributed by atoms with Crippen molar-refractivity contribution >= 4 is 5.91 Å². The van der Waals surface area contributed by atoms with Gasteiger partial charge in [-0.2, -0.15) is 5.26 Å². The van der Waals surface area contributed by atoms with Gasteiger partial charge in [0.15, 0.2) is 6.10 Å². The number of carbonyl (C=O) groups is 1. The molecule has 1 atom stereocenters. The number of benzene rings is 1. The Labute approximate surface area is 100 Å². The summed E-state index contributed by atoms with van der Waals surface area (Å²) < 4.78 is 5.48. The molecule has 0 unspecified atom stereocenters.